The fraction of sp³-hybridized carbons (Fsp3) is 0.438. The third-order valence-electron chi connectivity index (χ3n) is 4.27. The molecule has 0 fully saturated rings. The molecule has 0 aromatic carbocycles. The zero-order valence-corrected chi connectivity index (χ0v) is 13.1. The van der Waals surface area contributed by atoms with E-state index in [1.165, 1.54) is 16.0 Å². The summed E-state index contributed by atoms with van der Waals surface area (Å²) in [5.41, 5.74) is 2.75. The van der Waals surface area contributed by atoms with E-state index in [0.717, 1.165) is 18.8 Å². The number of anilines is 1. The SMILES string of the molecule is CNC(C)c1cccnc1N1CCc2sccc2C1C. The predicted molar refractivity (Wildman–Crippen MR) is 85.5 cm³/mol. The first kappa shape index (κ1) is 13.6. The summed E-state index contributed by atoms with van der Waals surface area (Å²) in [6.07, 6.45) is 3.03. The Hall–Kier alpha value is -1.39. The van der Waals surface area contributed by atoms with Crippen molar-refractivity contribution < 1.29 is 0 Å². The Bertz CT molecular complexity index is 593. The van der Waals surface area contributed by atoms with Crippen LogP contribution in [0.2, 0.25) is 0 Å². The van der Waals surface area contributed by atoms with E-state index in [-0.39, 0.29) is 0 Å². The Morgan fingerprint density at radius 2 is 2.30 bits per heavy atom. The molecule has 2 atom stereocenters. The number of nitrogens with zero attached hydrogens (tertiary/aromatic N) is 2. The Labute approximate surface area is 124 Å². The lowest BCUT2D eigenvalue weighted by atomic mass is 10.00. The van der Waals surface area contributed by atoms with Crippen molar-refractivity contribution >= 4 is 17.2 Å². The molecule has 0 aliphatic carbocycles. The molecule has 0 saturated carbocycles. The fourth-order valence-corrected chi connectivity index (χ4v) is 3.90. The van der Waals surface area contributed by atoms with Gasteiger partial charge in [-0.3, -0.25) is 0 Å². The number of rotatable bonds is 3. The molecule has 2 aromatic heterocycles. The van der Waals surface area contributed by atoms with Crippen molar-refractivity contribution in [3.8, 4) is 0 Å². The van der Waals surface area contributed by atoms with Crippen LogP contribution in [0.3, 0.4) is 0 Å². The van der Waals surface area contributed by atoms with Gasteiger partial charge in [0.15, 0.2) is 0 Å². The highest BCUT2D eigenvalue weighted by atomic mass is 32.1. The van der Waals surface area contributed by atoms with Crippen molar-refractivity contribution in [2.45, 2.75) is 32.4 Å². The molecule has 1 N–H and O–H groups in total. The summed E-state index contributed by atoms with van der Waals surface area (Å²) in [6, 6.07) is 7.19. The van der Waals surface area contributed by atoms with Crippen LogP contribution in [0.15, 0.2) is 29.8 Å². The smallest absolute Gasteiger partial charge is 0.133 e. The summed E-state index contributed by atoms with van der Waals surface area (Å²) < 4.78 is 0. The van der Waals surface area contributed by atoms with Gasteiger partial charge in [-0.1, -0.05) is 6.07 Å². The highest BCUT2D eigenvalue weighted by molar-refractivity contribution is 7.10. The lowest BCUT2D eigenvalue weighted by Gasteiger charge is -2.36. The quantitative estimate of drug-likeness (QED) is 0.936. The van der Waals surface area contributed by atoms with Gasteiger partial charge in [-0.2, -0.15) is 0 Å². The van der Waals surface area contributed by atoms with E-state index in [1.807, 2.05) is 30.6 Å². The maximum Gasteiger partial charge on any atom is 0.133 e. The van der Waals surface area contributed by atoms with Crippen LogP contribution in [0.25, 0.3) is 0 Å². The van der Waals surface area contributed by atoms with Gasteiger partial charge in [-0.05, 0) is 50.4 Å². The van der Waals surface area contributed by atoms with E-state index in [9.17, 15) is 0 Å². The zero-order chi connectivity index (χ0) is 14.1. The average Bonchev–Trinajstić information content (AvgIpc) is 2.96. The minimum Gasteiger partial charge on any atom is -0.349 e. The third kappa shape index (κ3) is 2.23. The molecular formula is C16H21N3S. The highest BCUT2D eigenvalue weighted by Gasteiger charge is 2.27. The molecule has 0 saturated heterocycles. The zero-order valence-electron chi connectivity index (χ0n) is 12.3. The van der Waals surface area contributed by atoms with Crippen LogP contribution < -0.4 is 10.2 Å². The summed E-state index contributed by atoms with van der Waals surface area (Å²) in [5, 5.41) is 5.53. The second-order valence-corrected chi connectivity index (χ2v) is 6.35. The molecule has 3 rings (SSSR count). The first-order chi connectivity index (χ1) is 9.72. The molecule has 1 aliphatic heterocycles. The average molecular weight is 287 g/mol. The number of hydrogen-bond donors (Lipinski definition) is 1. The summed E-state index contributed by atoms with van der Waals surface area (Å²) >= 11 is 1.88. The molecule has 1 aliphatic rings. The van der Waals surface area contributed by atoms with Gasteiger partial charge in [0.1, 0.15) is 5.82 Å². The summed E-state index contributed by atoms with van der Waals surface area (Å²) in [6.45, 7) is 5.52. The lowest BCUT2D eigenvalue weighted by molar-refractivity contribution is 0.601. The van der Waals surface area contributed by atoms with Crippen molar-refractivity contribution in [1.82, 2.24) is 10.3 Å². The van der Waals surface area contributed by atoms with Crippen LogP contribution in [0.4, 0.5) is 5.82 Å². The molecule has 106 valence electrons. The van der Waals surface area contributed by atoms with E-state index in [0.29, 0.717) is 12.1 Å². The topological polar surface area (TPSA) is 28.2 Å². The van der Waals surface area contributed by atoms with Gasteiger partial charge in [0.25, 0.3) is 0 Å². The Morgan fingerprint density at radius 3 is 3.10 bits per heavy atom. The molecule has 2 unspecified atom stereocenters. The van der Waals surface area contributed by atoms with Gasteiger partial charge in [0.05, 0.1) is 6.04 Å². The monoisotopic (exact) mass is 287 g/mol. The Balaban J connectivity index is 1.98. The molecule has 4 heteroatoms. The van der Waals surface area contributed by atoms with Crippen molar-refractivity contribution in [3.63, 3.8) is 0 Å². The molecule has 3 nitrogen and oxygen atoms in total. The number of thiophene rings is 1. The highest BCUT2D eigenvalue weighted by Crippen LogP contribution is 2.37. The largest absolute Gasteiger partial charge is 0.349 e. The van der Waals surface area contributed by atoms with Crippen LogP contribution in [0.5, 0.6) is 0 Å². The van der Waals surface area contributed by atoms with Crippen LogP contribution in [-0.4, -0.2) is 18.6 Å². The standard InChI is InChI=1S/C16H21N3S/c1-11(17-3)13-5-4-8-18-16(13)19-9-6-15-14(12(19)2)7-10-20-15/h4-5,7-8,10-12,17H,6,9H2,1-3H3. The molecule has 3 heterocycles. The molecule has 0 amide bonds. The van der Waals surface area contributed by atoms with Gasteiger partial charge in [-0.25, -0.2) is 4.98 Å². The minimum absolute atomic E-state index is 0.315. The van der Waals surface area contributed by atoms with Crippen LogP contribution in [0, 0.1) is 0 Å². The molecule has 0 radical (unpaired) electrons. The summed E-state index contributed by atoms with van der Waals surface area (Å²) in [5.74, 6) is 1.12. The number of fused-ring (bicyclic) bond motifs is 1. The van der Waals surface area contributed by atoms with E-state index < -0.39 is 0 Å². The molecular weight excluding hydrogens is 266 g/mol. The van der Waals surface area contributed by atoms with E-state index in [1.54, 1.807) is 0 Å². The minimum atomic E-state index is 0.315. The van der Waals surface area contributed by atoms with Gasteiger partial charge in [-0.15, -0.1) is 11.3 Å². The van der Waals surface area contributed by atoms with Crippen molar-refractivity contribution in [2.75, 3.05) is 18.5 Å². The lowest BCUT2D eigenvalue weighted by Crippen LogP contribution is -2.35. The number of hydrogen-bond acceptors (Lipinski definition) is 4. The van der Waals surface area contributed by atoms with Gasteiger partial charge < -0.3 is 10.2 Å². The molecule has 0 spiro atoms. The second kappa shape index (κ2) is 5.54. The van der Waals surface area contributed by atoms with E-state index in [2.05, 4.69) is 46.6 Å². The maximum atomic E-state index is 4.67. The second-order valence-electron chi connectivity index (χ2n) is 5.35. The first-order valence-corrected chi connectivity index (χ1v) is 8.05. The summed E-state index contributed by atoms with van der Waals surface area (Å²) in [7, 11) is 2.00. The number of nitrogens with one attached hydrogen (secondary N) is 1. The van der Waals surface area contributed by atoms with Gasteiger partial charge in [0.2, 0.25) is 0 Å². The third-order valence-corrected chi connectivity index (χ3v) is 5.26. The van der Waals surface area contributed by atoms with Crippen LogP contribution in [0.1, 0.15) is 41.9 Å². The fourth-order valence-electron chi connectivity index (χ4n) is 2.94. The van der Waals surface area contributed by atoms with Gasteiger partial charge in [0, 0.05) is 29.2 Å². The maximum absolute atomic E-state index is 4.67. The van der Waals surface area contributed by atoms with E-state index >= 15 is 0 Å². The number of aromatic nitrogens is 1. The molecule has 2 aromatic rings. The van der Waals surface area contributed by atoms with Crippen LogP contribution in [-0.2, 0) is 6.42 Å². The van der Waals surface area contributed by atoms with Crippen LogP contribution >= 0.6 is 11.3 Å². The first-order valence-electron chi connectivity index (χ1n) is 7.17. The normalized spacial score (nSPS) is 19.8. The molecule has 0 bridgehead atoms. The van der Waals surface area contributed by atoms with Crippen molar-refractivity contribution in [1.29, 1.82) is 0 Å². The Morgan fingerprint density at radius 1 is 1.45 bits per heavy atom. The predicted octanol–water partition coefficient (Wildman–Crippen LogP) is 3.55. The van der Waals surface area contributed by atoms with E-state index in [4.69, 9.17) is 0 Å². The number of pyridine rings is 1. The molecule has 20 heavy (non-hydrogen) atoms. The van der Waals surface area contributed by atoms with Crippen molar-refractivity contribution in [2.24, 2.45) is 0 Å². The van der Waals surface area contributed by atoms with Crippen molar-refractivity contribution in [3.05, 3.63) is 45.8 Å². The Kier molecular flexibility index (Phi) is 3.76. The summed E-state index contributed by atoms with van der Waals surface area (Å²) in [4.78, 5) is 8.65. The van der Waals surface area contributed by atoms with Gasteiger partial charge >= 0.3 is 0 Å².